The molecule has 7 heteroatoms. The molecule has 2 atom stereocenters. The van der Waals surface area contributed by atoms with Gasteiger partial charge < -0.3 is 9.80 Å². The number of benzene rings is 2. The Kier molecular flexibility index (Phi) is 6.35. The van der Waals surface area contributed by atoms with Crippen LogP contribution in [0.3, 0.4) is 0 Å². The van der Waals surface area contributed by atoms with Gasteiger partial charge in [0.25, 0.3) is 5.91 Å². The quantitative estimate of drug-likeness (QED) is 0.625. The molecule has 0 radical (unpaired) electrons. The van der Waals surface area contributed by atoms with E-state index >= 15 is 0 Å². The van der Waals surface area contributed by atoms with E-state index in [1.165, 1.54) is 11.1 Å². The first-order valence-electron chi connectivity index (χ1n) is 12.4. The Morgan fingerprint density at radius 3 is 2.50 bits per heavy atom. The van der Waals surface area contributed by atoms with Crippen molar-refractivity contribution in [3.05, 3.63) is 59.2 Å². The molecule has 0 bridgehead atoms. The molecule has 0 aliphatic carbocycles. The maximum Gasteiger partial charge on any atom is 0.253 e. The van der Waals surface area contributed by atoms with E-state index in [-0.39, 0.29) is 11.8 Å². The largest absolute Gasteiger partial charge is 0.343 e. The minimum absolute atomic E-state index is 0.0646. The molecular weight excluding hydrogens is 426 g/mol. The summed E-state index contributed by atoms with van der Waals surface area (Å²) < 4.78 is 0. The van der Waals surface area contributed by atoms with Crippen LogP contribution in [0.2, 0.25) is 0 Å². The highest BCUT2D eigenvalue weighted by Crippen LogP contribution is 2.33. The Labute approximate surface area is 200 Å². The van der Waals surface area contributed by atoms with Gasteiger partial charge in [-0.3, -0.25) is 14.7 Å². The first kappa shape index (κ1) is 22.6. The van der Waals surface area contributed by atoms with E-state index in [1.54, 1.807) is 0 Å². The highest BCUT2D eigenvalue weighted by Gasteiger charge is 2.37. The zero-order chi connectivity index (χ0) is 23.7. The molecule has 1 N–H and O–H groups in total. The Hall–Kier alpha value is -3.22. The summed E-state index contributed by atoms with van der Waals surface area (Å²) in [5, 5.41) is 10.7. The van der Waals surface area contributed by atoms with E-state index in [4.69, 9.17) is 0 Å². The molecular formula is C27H33N5O2. The number of hydrogen-bond donors (Lipinski definition) is 1. The van der Waals surface area contributed by atoms with Crippen molar-refractivity contribution in [2.24, 2.45) is 11.8 Å². The summed E-state index contributed by atoms with van der Waals surface area (Å²) in [6.45, 7) is 7.52. The third-order valence-electron chi connectivity index (χ3n) is 7.61. The molecule has 0 saturated carbocycles. The second-order valence-electron chi connectivity index (χ2n) is 10.1. The van der Waals surface area contributed by atoms with Crippen LogP contribution in [-0.4, -0.2) is 63.2 Å². The van der Waals surface area contributed by atoms with Crippen molar-refractivity contribution >= 4 is 22.8 Å². The Balaban J connectivity index is 1.16. The SMILES string of the molecule is CC(C)c1ccccc1CCC(=O)N1CCC2CN(C(=O)c3ccc4[nH]nnc4c3)CC2CC1. The second-order valence-corrected chi connectivity index (χ2v) is 10.1. The van der Waals surface area contributed by atoms with Crippen molar-refractivity contribution in [1.29, 1.82) is 0 Å². The van der Waals surface area contributed by atoms with Crippen LogP contribution in [0.4, 0.5) is 0 Å². The summed E-state index contributed by atoms with van der Waals surface area (Å²) in [4.78, 5) is 30.2. The summed E-state index contributed by atoms with van der Waals surface area (Å²) in [7, 11) is 0. The number of hydrogen-bond acceptors (Lipinski definition) is 4. The van der Waals surface area contributed by atoms with Crippen molar-refractivity contribution in [3.63, 3.8) is 0 Å². The van der Waals surface area contributed by atoms with Crippen LogP contribution in [0, 0.1) is 11.8 Å². The van der Waals surface area contributed by atoms with Gasteiger partial charge in [-0.2, -0.15) is 0 Å². The molecule has 1 aromatic heterocycles. The van der Waals surface area contributed by atoms with E-state index in [9.17, 15) is 9.59 Å². The number of aromatic nitrogens is 3. The third-order valence-corrected chi connectivity index (χ3v) is 7.61. The van der Waals surface area contributed by atoms with E-state index in [0.29, 0.717) is 35.3 Å². The molecule has 2 aromatic carbocycles. The van der Waals surface area contributed by atoms with Gasteiger partial charge in [-0.1, -0.05) is 43.3 Å². The number of H-pyrrole nitrogens is 1. The topological polar surface area (TPSA) is 82.2 Å². The first-order chi connectivity index (χ1) is 16.5. The lowest BCUT2D eigenvalue weighted by Crippen LogP contribution is -2.34. The minimum Gasteiger partial charge on any atom is -0.343 e. The number of amides is 2. The van der Waals surface area contributed by atoms with Crippen LogP contribution >= 0.6 is 0 Å². The molecule has 7 nitrogen and oxygen atoms in total. The minimum atomic E-state index is 0.0646. The van der Waals surface area contributed by atoms with Crippen LogP contribution < -0.4 is 0 Å². The van der Waals surface area contributed by atoms with Gasteiger partial charge in [0.1, 0.15) is 5.52 Å². The predicted molar refractivity (Wildman–Crippen MR) is 131 cm³/mol. The maximum absolute atomic E-state index is 13.1. The molecule has 2 fully saturated rings. The Morgan fingerprint density at radius 2 is 1.76 bits per heavy atom. The normalized spacial score (nSPS) is 20.6. The van der Waals surface area contributed by atoms with Crippen molar-refractivity contribution in [1.82, 2.24) is 25.2 Å². The van der Waals surface area contributed by atoms with Crippen molar-refractivity contribution in [2.75, 3.05) is 26.2 Å². The van der Waals surface area contributed by atoms with Gasteiger partial charge in [0, 0.05) is 38.2 Å². The fourth-order valence-electron chi connectivity index (χ4n) is 5.65. The summed E-state index contributed by atoms with van der Waals surface area (Å²) in [5.74, 6) is 1.70. The molecule has 3 heterocycles. The first-order valence-corrected chi connectivity index (χ1v) is 12.4. The smallest absolute Gasteiger partial charge is 0.253 e. The Bertz CT molecular complexity index is 1170. The van der Waals surface area contributed by atoms with Crippen molar-refractivity contribution < 1.29 is 9.59 Å². The van der Waals surface area contributed by atoms with E-state index in [0.717, 1.165) is 51.0 Å². The number of carbonyl (C=O) groups excluding carboxylic acids is 2. The predicted octanol–water partition coefficient (Wildman–Crippen LogP) is 4.02. The number of rotatable bonds is 5. The average Bonchev–Trinajstić information content (AvgIpc) is 3.44. The highest BCUT2D eigenvalue weighted by atomic mass is 16.2. The van der Waals surface area contributed by atoms with Gasteiger partial charge in [-0.15, -0.1) is 5.10 Å². The van der Waals surface area contributed by atoms with Gasteiger partial charge in [0.15, 0.2) is 0 Å². The lowest BCUT2D eigenvalue weighted by Gasteiger charge is -2.23. The summed E-state index contributed by atoms with van der Waals surface area (Å²) in [5.41, 5.74) is 4.84. The summed E-state index contributed by atoms with van der Waals surface area (Å²) in [6, 6.07) is 14.0. The zero-order valence-corrected chi connectivity index (χ0v) is 20.0. The molecule has 34 heavy (non-hydrogen) atoms. The zero-order valence-electron chi connectivity index (χ0n) is 20.0. The van der Waals surface area contributed by atoms with E-state index < -0.39 is 0 Å². The van der Waals surface area contributed by atoms with Crippen LogP contribution in [0.1, 0.15) is 60.5 Å². The van der Waals surface area contributed by atoms with Crippen LogP contribution in [0.5, 0.6) is 0 Å². The Morgan fingerprint density at radius 1 is 1.03 bits per heavy atom. The van der Waals surface area contributed by atoms with E-state index in [2.05, 4.69) is 58.4 Å². The lowest BCUT2D eigenvalue weighted by molar-refractivity contribution is -0.131. The number of carbonyl (C=O) groups is 2. The molecule has 5 rings (SSSR count). The molecule has 0 spiro atoms. The standard InChI is InChI=1S/C27H33N5O2/c1-18(2)23-6-4-3-5-19(23)8-10-26(33)31-13-11-21-16-32(17-22(21)12-14-31)27(34)20-7-9-24-25(15-20)29-30-28-24/h3-7,9,15,18,21-22H,8,10-14,16-17H2,1-2H3,(H,28,29,30). The maximum atomic E-state index is 13.1. The number of nitrogens with one attached hydrogen (secondary N) is 1. The lowest BCUT2D eigenvalue weighted by atomic mass is 9.92. The molecule has 2 saturated heterocycles. The number of likely N-dealkylation sites (tertiary alicyclic amines) is 2. The van der Waals surface area contributed by atoms with Crippen LogP contribution in [0.25, 0.3) is 11.0 Å². The summed E-state index contributed by atoms with van der Waals surface area (Å²) in [6.07, 6.45) is 3.29. The van der Waals surface area contributed by atoms with Crippen molar-refractivity contribution in [3.8, 4) is 0 Å². The van der Waals surface area contributed by atoms with Crippen molar-refractivity contribution in [2.45, 2.75) is 45.4 Å². The highest BCUT2D eigenvalue weighted by molar-refractivity contribution is 5.97. The number of aromatic amines is 1. The van der Waals surface area contributed by atoms with Gasteiger partial charge in [0.2, 0.25) is 5.91 Å². The average molecular weight is 460 g/mol. The molecule has 2 amide bonds. The molecule has 2 aliphatic rings. The fraction of sp³-hybridized carbons (Fsp3) is 0.481. The fourth-order valence-corrected chi connectivity index (χ4v) is 5.65. The number of fused-ring (bicyclic) bond motifs is 2. The molecule has 2 aliphatic heterocycles. The van der Waals surface area contributed by atoms with Gasteiger partial charge in [0.05, 0.1) is 5.52 Å². The monoisotopic (exact) mass is 459 g/mol. The number of nitrogens with zero attached hydrogens (tertiary/aromatic N) is 4. The van der Waals surface area contributed by atoms with E-state index in [1.807, 2.05) is 23.1 Å². The van der Waals surface area contributed by atoms with Crippen LogP contribution in [-0.2, 0) is 11.2 Å². The molecule has 178 valence electrons. The van der Waals surface area contributed by atoms with Gasteiger partial charge in [-0.25, -0.2) is 0 Å². The third kappa shape index (κ3) is 4.56. The second kappa shape index (κ2) is 9.57. The molecule has 3 aromatic rings. The van der Waals surface area contributed by atoms with Gasteiger partial charge >= 0.3 is 0 Å². The van der Waals surface area contributed by atoms with Gasteiger partial charge in [-0.05, 0) is 66.3 Å². The molecule has 2 unspecified atom stereocenters. The summed E-state index contributed by atoms with van der Waals surface area (Å²) >= 11 is 0. The number of aryl methyl sites for hydroxylation is 1. The van der Waals surface area contributed by atoms with Crippen LogP contribution in [0.15, 0.2) is 42.5 Å².